The summed E-state index contributed by atoms with van der Waals surface area (Å²) in [5, 5.41) is 10.8. The Balaban J connectivity index is 1.85. The zero-order valence-corrected chi connectivity index (χ0v) is 15.2. The predicted octanol–water partition coefficient (Wildman–Crippen LogP) is 3.24. The molecule has 1 atom stereocenters. The van der Waals surface area contributed by atoms with Crippen LogP contribution in [0.2, 0.25) is 0 Å². The number of carbonyl (C=O) groups excluding carboxylic acids is 2. The first-order valence-electron chi connectivity index (χ1n) is 8.89. The van der Waals surface area contributed by atoms with Crippen LogP contribution in [-0.4, -0.2) is 31.7 Å². The molecule has 6 nitrogen and oxygen atoms in total. The quantitative estimate of drug-likeness (QED) is 0.421. The van der Waals surface area contributed by atoms with Crippen LogP contribution in [0.4, 0.5) is 4.39 Å². The second-order valence-electron chi connectivity index (χ2n) is 6.58. The number of aliphatic hydroxyl groups is 1. The van der Waals surface area contributed by atoms with Crippen LogP contribution in [0.3, 0.4) is 0 Å². The van der Waals surface area contributed by atoms with Gasteiger partial charge in [-0.15, -0.1) is 0 Å². The Morgan fingerprint density at radius 2 is 1.72 bits per heavy atom. The minimum absolute atomic E-state index is 0.0522. The van der Waals surface area contributed by atoms with Gasteiger partial charge < -0.3 is 10.0 Å². The molecule has 3 aromatic rings. The van der Waals surface area contributed by atoms with Crippen molar-refractivity contribution in [2.24, 2.45) is 0 Å². The second-order valence-corrected chi connectivity index (χ2v) is 6.58. The van der Waals surface area contributed by atoms with Crippen LogP contribution in [0.15, 0.2) is 78.9 Å². The van der Waals surface area contributed by atoms with Gasteiger partial charge in [0.25, 0.3) is 11.7 Å². The van der Waals surface area contributed by atoms with E-state index in [1.165, 1.54) is 29.2 Å². The molecule has 3 heterocycles. The zero-order valence-electron chi connectivity index (χ0n) is 15.2. The van der Waals surface area contributed by atoms with Gasteiger partial charge in [-0.2, -0.15) is 0 Å². The highest BCUT2D eigenvalue weighted by Crippen LogP contribution is 2.39. The van der Waals surface area contributed by atoms with Gasteiger partial charge in [-0.1, -0.05) is 6.07 Å². The maximum absolute atomic E-state index is 13.3. The van der Waals surface area contributed by atoms with Crippen LogP contribution in [0.25, 0.3) is 5.76 Å². The summed E-state index contributed by atoms with van der Waals surface area (Å²) in [6.07, 6.45) is 6.33. The fraction of sp³-hybridized carbons (Fsp3) is 0.0909. The Bertz CT molecular complexity index is 1080. The molecule has 0 radical (unpaired) electrons. The number of Topliss-reactive ketones (excluding diaryl/α,β-unsaturated/α-hetero) is 1. The van der Waals surface area contributed by atoms with Crippen molar-refractivity contribution in [3.63, 3.8) is 0 Å². The third-order valence-electron chi connectivity index (χ3n) is 4.76. The molecule has 0 aliphatic carbocycles. The Morgan fingerprint density at radius 3 is 2.38 bits per heavy atom. The SMILES string of the molecule is O=C1C(=O)N(Cc2ccncc2)C(c2cccnc2)/C1=C(/O)c1ccc(F)cc1. The predicted molar refractivity (Wildman–Crippen MR) is 103 cm³/mol. The summed E-state index contributed by atoms with van der Waals surface area (Å²) in [6.45, 7) is 0.160. The summed E-state index contributed by atoms with van der Waals surface area (Å²) in [7, 11) is 0. The normalized spacial score (nSPS) is 18.2. The van der Waals surface area contributed by atoms with Gasteiger partial charge in [-0.25, -0.2) is 4.39 Å². The number of nitrogens with zero attached hydrogens (tertiary/aromatic N) is 3. The van der Waals surface area contributed by atoms with E-state index in [9.17, 15) is 19.1 Å². The van der Waals surface area contributed by atoms with Crippen molar-refractivity contribution in [1.29, 1.82) is 0 Å². The van der Waals surface area contributed by atoms with Gasteiger partial charge >= 0.3 is 0 Å². The molecule has 1 aliphatic rings. The lowest BCUT2D eigenvalue weighted by molar-refractivity contribution is -0.140. The minimum atomic E-state index is -0.818. The van der Waals surface area contributed by atoms with E-state index in [0.29, 0.717) is 5.56 Å². The summed E-state index contributed by atoms with van der Waals surface area (Å²) < 4.78 is 13.3. The fourth-order valence-corrected chi connectivity index (χ4v) is 3.38. The molecule has 1 fully saturated rings. The van der Waals surface area contributed by atoms with Crippen LogP contribution in [0.5, 0.6) is 0 Å². The molecule has 0 saturated carbocycles. The summed E-state index contributed by atoms with van der Waals surface area (Å²) in [5.41, 5.74) is 1.58. The van der Waals surface area contributed by atoms with Gasteiger partial charge in [0.15, 0.2) is 0 Å². The maximum Gasteiger partial charge on any atom is 0.295 e. The number of amides is 1. The number of halogens is 1. The lowest BCUT2D eigenvalue weighted by Gasteiger charge is -2.25. The molecule has 1 N–H and O–H groups in total. The highest BCUT2D eigenvalue weighted by Gasteiger charge is 2.46. The standard InChI is InChI=1S/C22H16FN3O3/c23-17-5-3-15(4-6-17)20(27)18-19(16-2-1-9-25-12-16)26(22(29)21(18)28)13-14-7-10-24-11-8-14/h1-12,19,27H,13H2/b20-18-. The van der Waals surface area contributed by atoms with E-state index in [2.05, 4.69) is 9.97 Å². The van der Waals surface area contributed by atoms with Crippen molar-refractivity contribution in [3.05, 3.63) is 101 Å². The largest absolute Gasteiger partial charge is 0.507 e. The molecule has 0 spiro atoms. The molecule has 29 heavy (non-hydrogen) atoms. The third-order valence-corrected chi connectivity index (χ3v) is 4.76. The number of ketones is 1. The lowest BCUT2D eigenvalue weighted by Crippen LogP contribution is -2.29. The number of aromatic nitrogens is 2. The molecule has 1 amide bonds. The molecule has 1 unspecified atom stereocenters. The molecular weight excluding hydrogens is 373 g/mol. The minimum Gasteiger partial charge on any atom is -0.507 e. The van der Waals surface area contributed by atoms with Gasteiger partial charge in [0, 0.05) is 36.9 Å². The van der Waals surface area contributed by atoms with Gasteiger partial charge in [0.2, 0.25) is 0 Å². The molecule has 4 rings (SSSR count). The Morgan fingerprint density at radius 1 is 1.00 bits per heavy atom. The summed E-state index contributed by atoms with van der Waals surface area (Å²) in [5.74, 6) is -2.34. The van der Waals surface area contributed by atoms with Crippen molar-refractivity contribution in [2.75, 3.05) is 0 Å². The average Bonchev–Trinajstić information content (AvgIpc) is 3.00. The van der Waals surface area contributed by atoms with Gasteiger partial charge in [0.1, 0.15) is 11.6 Å². The van der Waals surface area contributed by atoms with E-state index in [1.807, 2.05) is 0 Å². The Hall–Kier alpha value is -3.87. The van der Waals surface area contributed by atoms with Crippen molar-refractivity contribution >= 4 is 17.4 Å². The summed E-state index contributed by atoms with van der Waals surface area (Å²) in [4.78, 5) is 35.1. The third kappa shape index (κ3) is 3.50. The Kier molecular flexibility index (Phi) is 4.87. The average molecular weight is 389 g/mol. The van der Waals surface area contributed by atoms with Crippen LogP contribution in [-0.2, 0) is 16.1 Å². The highest BCUT2D eigenvalue weighted by molar-refractivity contribution is 6.46. The van der Waals surface area contributed by atoms with Gasteiger partial charge in [-0.05, 0) is 53.6 Å². The first kappa shape index (κ1) is 18.5. The van der Waals surface area contributed by atoms with Crippen LogP contribution in [0.1, 0.15) is 22.7 Å². The van der Waals surface area contributed by atoms with Crippen molar-refractivity contribution in [1.82, 2.24) is 14.9 Å². The molecule has 0 bridgehead atoms. The molecule has 1 aromatic carbocycles. The van der Waals surface area contributed by atoms with E-state index in [4.69, 9.17) is 0 Å². The first-order valence-corrected chi connectivity index (χ1v) is 8.89. The number of aliphatic hydroxyl groups excluding tert-OH is 1. The lowest BCUT2D eigenvalue weighted by atomic mass is 9.96. The fourth-order valence-electron chi connectivity index (χ4n) is 3.38. The van der Waals surface area contributed by atoms with Gasteiger partial charge in [0.05, 0.1) is 11.6 Å². The highest BCUT2D eigenvalue weighted by atomic mass is 19.1. The number of hydrogen-bond acceptors (Lipinski definition) is 5. The number of carbonyl (C=O) groups is 2. The first-order chi connectivity index (χ1) is 14.1. The second kappa shape index (κ2) is 7.63. The molecule has 2 aromatic heterocycles. The van der Waals surface area contributed by atoms with Crippen LogP contribution in [0, 0.1) is 5.82 Å². The zero-order chi connectivity index (χ0) is 20.4. The van der Waals surface area contributed by atoms with E-state index < -0.39 is 23.5 Å². The van der Waals surface area contributed by atoms with Crippen LogP contribution < -0.4 is 0 Å². The molecule has 7 heteroatoms. The summed E-state index contributed by atoms with van der Waals surface area (Å²) in [6, 6.07) is 11.2. The van der Waals surface area contributed by atoms with Crippen LogP contribution >= 0.6 is 0 Å². The monoisotopic (exact) mass is 389 g/mol. The smallest absolute Gasteiger partial charge is 0.295 e. The Labute approximate surface area is 166 Å². The molecular formula is C22H16FN3O3. The topological polar surface area (TPSA) is 83.4 Å². The number of benzene rings is 1. The van der Waals surface area contributed by atoms with Crippen molar-refractivity contribution < 1.29 is 19.1 Å². The van der Waals surface area contributed by atoms with Crippen molar-refractivity contribution in [2.45, 2.75) is 12.6 Å². The molecule has 144 valence electrons. The van der Waals surface area contributed by atoms with Gasteiger partial charge in [-0.3, -0.25) is 19.6 Å². The number of likely N-dealkylation sites (tertiary alicyclic amines) is 1. The maximum atomic E-state index is 13.3. The number of pyridine rings is 2. The molecule has 1 saturated heterocycles. The van der Waals surface area contributed by atoms with E-state index in [0.717, 1.165) is 5.56 Å². The summed E-state index contributed by atoms with van der Waals surface area (Å²) >= 11 is 0. The van der Waals surface area contributed by atoms with E-state index >= 15 is 0 Å². The number of rotatable bonds is 4. The van der Waals surface area contributed by atoms with E-state index in [1.54, 1.807) is 49.1 Å². The molecule has 1 aliphatic heterocycles. The van der Waals surface area contributed by atoms with E-state index in [-0.39, 0.29) is 23.4 Å². The van der Waals surface area contributed by atoms with Crippen molar-refractivity contribution in [3.8, 4) is 0 Å². The number of hydrogen-bond donors (Lipinski definition) is 1.